The van der Waals surface area contributed by atoms with Crippen LogP contribution in [-0.4, -0.2) is 21.6 Å². The van der Waals surface area contributed by atoms with Crippen LogP contribution in [0, 0.1) is 4.64 Å². The number of nitrogens with one attached hydrogen (secondary N) is 1. The molecule has 0 aliphatic heterocycles. The predicted octanol–water partition coefficient (Wildman–Crippen LogP) is 2.74. The molecule has 0 aliphatic rings. The molecular weight excluding hydrogens is 234 g/mol. The van der Waals surface area contributed by atoms with Crippen LogP contribution in [0.5, 0.6) is 0 Å². The van der Waals surface area contributed by atoms with E-state index in [1.807, 2.05) is 25.1 Å². The van der Waals surface area contributed by atoms with Gasteiger partial charge in [0.25, 0.3) is 0 Å². The molecule has 0 saturated heterocycles. The number of nitrogens with zero attached hydrogens (tertiary/aromatic N) is 2. The fourth-order valence-electron chi connectivity index (χ4n) is 1.44. The molecule has 0 atom stereocenters. The Morgan fingerprint density at radius 2 is 2.29 bits per heavy atom. The Kier molecular flexibility index (Phi) is 3.95. The zero-order valence-electron chi connectivity index (χ0n) is 9.51. The van der Waals surface area contributed by atoms with Crippen LogP contribution < -0.4 is 0 Å². The Balaban J connectivity index is 2.35. The van der Waals surface area contributed by atoms with Crippen LogP contribution in [0.15, 0.2) is 30.5 Å². The number of H-pyrrole nitrogens is 1. The van der Waals surface area contributed by atoms with Gasteiger partial charge in [-0.05, 0) is 19.1 Å². The molecule has 88 valence electrons. The van der Waals surface area contributed by atoms with Crippen molar-refractivity contribution in [2.24, 2.45) is 0 Å². The van der Waals surface area contributed by atoms with Gasteiger partial charge >= 0.3 is 0 Å². The van der Waals surface area contributed by atoms with Gasteiger partial charge in [-0.1, -0.05) is 18.3 Å². The molecule has 0 fully saturated rings. The average Bonchev–Trinajstić information content (AvgIpc) is 2.37. The SMILES string of the molecule is CCOCc1nc(=S)cc(-c2ccccn2)[nH]1. The van der Waals surface area contributed by atoms with Gasteiger partial charge in [0.15, 0.2) is 0 Å². The van der Waals surface area contributed by atoms with Gasteiger partial charge in [0.05, 0.1) is 11.4 Å². The summed E-state index contributed by atoms with van der Waals surface area (Å²) in [5.74, 6) is 0.722. The van der Waals surface area contributed by atoms with Crippen molar-refractivity contribution in [3.8, 4) is 11.4 Å². The van der Waals surface area contributed by atoms with E-state index >= 15 is 0 Å². The van der Waals surface area contributed by atoms with E-state index in [0.29, 0.717) is 17.9 Å². The van der Waals surface area contributed by atoms with Crippen LogP contribution in [0.3, 0.4) is 0 Å². The fraction of sp³-hybridized carbons (Fsp3) is 0.250. The van der Waals surface area contributed by atoms with Gasteiger partial charge in [-0.2, -0.15) is 0 Å². The third kappa shape index (κ3) is 3.18. The third-order valence-electron chi connectivity index (χ3n) is 2.18. The molecule has 0 unspecified atom stereocenters. The molecule has 0 radical (unpaired) electrons. The van der Waals surface area contributed by atoms with Crippen LogP contribution in [0.4, 0.5) is 0 Å². The van der Waals surface area contributed by atoms with E-state index in [1.165, 1.54) is 0 Å². The number of pyridine rings is 1. The van der Waals surface area contributed by atoms with Crippen molar-refractivity contribution < 1.29 is 4.74 Å². The van der Waals surface area contributed by atoms with Crippen LogP contribution >= 0.6 is 12.2 Å². The zero-order valence-corrected chi connectivity index (χ0v) is 10.3. The molecule has 0 spiro atoms. The molecule has 2 heterocycles. The summed E-state index contributed by atoms with van der Waals surface area (Å²) in [4.78, 5) is 11.6. The lowest BCUT2D eigenvalue weighted by Crippen LogP contribution is -2.01. The summed E-state index contributed by atoms with van der Waals surface area (Å²) in [6.45, 7) is 3.02. The molecule has 0 aliphatic carbocycles. The Labute approximate surface area is 105 Å². The highest BCUT2D eigenvalue weighted by Crippen LogP contribution is 2.13. The molecule has 0 saturated carbocycles. The van der Waals surface area contributed by atoms with E-state index < -0.39 is 0 Å². The number of rotatable bonds is 4. The van der Waals surface area contributed by atoms with E-state index in [-0.39, 0.29) is 0 Å². The lowest BCUT2D eigenvalue weighted by Gasteiger charge is -2.05. The zero-order chi connectivity index (χ0) is 12.1. The van der Waals surface area contributed by atoms with Gasteiger partial charge in [0, 0.05) is 18.9 Å². The van der Waals surface area contributed by atoms with Crippen LogP contribution in [0.25, 0.3) is 11.4 Å². The summed E-state index contributed by atoms with van der Waals surface area (Å²) in [6.07, 6.45) is 1.74. The standard InChI is InChI=1S/C12H13N3OS/c1-2-16-8-11-14-10(7-12(17)15-11)9-5-3-4-6-13-9/h3-7H,2,8H2,1H3,(H,14,15,17). The van der Waals surface area contributed by atoms with Gasteiger partial charge in [-0.3, -0.25) is 4.98 Å². The predicted molar refractivity (Wildman–Crippen MR) is 68.0 cm³/mol. The largest absolute Gasteiger partial charge is 0.374 e. The molecular formula is C12H13N3OS. The van der Waals surface area contributed by atoms with Crippen molar-refractivity contribution in [3.63, 3.8) is 0 Å². The molecule has 2 rings (SSSR count). The lowest BCUT2D eigenvalue weighted by molar-refractivity contribution is 0.128. The molecule has 1 N–H and O–H groups in total. The lowest BCUT2D eigenvalue weighted by atomic mass is 10.2. The Morgan fingerprint density at radius 3 is 3.00 bits per heavy atom. The maximum Gasteiger partial charge on any atom is 0.134 e. The fourth-order valence-corrected chi connectivity index (χ4v) is 1.66. The molecule has 2 aromatic heterocycles. The first kappa shape index (κ1) is 11.9. The molecule has 2 aromatic rings. The molecule has 5 heteroatoms. The highest BCUT2D eigenvalue weighted by molar-refractivity contribution is 7.71. The third-order valence-corrected chi connectivity index (χ3v) is 2.38. The van der Waals surface area contributed by atoms with Gasteiger partial charge < -0.3 is 9.72 Å². The average molecular weight is 247 g/mol. The molecule has 0 amide bonds. The maximum atomic E-state index is 5.30. The minimum atomic E-state index is 0.431. The van der Waals surface area contributed by atoms with Crippen molar-refractivity contribution >= 4 is 12.2 Å². The Morgan fingerprint density at radius 1 is 1.41 bits per heavy atom. The minimum absolute atomic E-state index is 0.431. The van der Waals surface area contributed by atoms with Crippen LogP contribution in [0.2, 0.25) is 0 Å². The minimum Gasteiger partial charge on any atom is -0.374 e. The van der Waals surface area contributed by atoms with Gasteiger partial charge in [0.2, 0.25) is 0 Å². The normalized spacial score (nSPS) is 10.4. The summed E-state index contributed by atoms with van der Waals surface area (Å²) in [7, 11) is 0. The van der Waals surface area contributed by atoms with Gasteiger partial charge in [-0.25, -0.2) is 4.98 Å². The topological polar surface area (TPSA) is 50.8 Å². The number of aromatic nitrogens is 3. The summed E-state index contributed by atoms with van der Waals surface area (Å²) < 4.78 is 5.85. The van der Waals surface area contributed by atoms with Crippen molar-refractivity contribution in [1.82, 2.24) is 15.0 Å². The highest BCUT2D eigenvalue weighted by atomic mass is 32.1. The van der Waals surface area contributed by atoms with E-state index in [1.54, 1.807) is 12.3 Å². The highest BCUT2D eigenvalue weighted by Gasteiger charge is 2.02. The number of aromatic amines is 1. The second-order valence-electron chi connectivity index (χ2n) is 3.43. The number of hydrogen-bond acceptors (Lipinski definition) is 4. The van der Waals surface area contributed by atoms with E-state index in [4.69, 9.17) is 17.0 Å². The smallest absolute Gasteiger partial charge is 0.134 e. The molecule has 0 aromatic carbocycles. The second kappa shape index (κ2) is 5.65. The summed E-state index contributed by atoms with van der Waals surface area (Å²) >= 11 is 5.12. The van der Waals surface area contributed by atoms with Crippen molar-refractivity contribution in [3.05, 3.63) is 40.9 Å². The Hall–Kier alpha value is -1.59. The molecule has 17 heavy (non-hydrogen) atoms. The van der Waals surface area contributed by atoms with E-state index in [9.17, 15) is 0 Å². The summed E-state index contributed by atoms with van der Waals surface area (Å²) in [6, 6.07) is 7.53. The maximum absolute atomic E-state index is 5.30. The summed E-state index contributed by atoms with van der Waals surface area (Å²) in [5.41, 5.74) is 1.71. The monoisotopic (exact) mass is 247 g/mol. The quantitative estimate of drug-likeness (QED) is 0.844. The Bertz CT molecular complexity index is 539. The van der Waals surface area contributed by atoms with Crippen molar-refractivity contribution in [2.45, 2.75) is 13.5 Å². The first-order valence-electron chi connectivity index (χ1n) is 5.39. The van der Waals surface area contributed by atoms with Crippen LogP contribution in [-0.2, 0) is 11.3 Å². The van der Waals surface area contributed by atoms with E-state index in [2.05, 4.69) is 15.0 Å². The summed E-state index contributed by atoms with van der Waals surface area (Å²) in [5, 5.41) is 0. The van der Waals surface area contributed by atoms with Gasteiger partial charge in [-0.15, -0.1) is 0 Å². The first-order valence-corrected chi connectivity index (χ1v) is 5.80. The van der Waals surface area contributed by atoms with Crippen molar-refractivity contribution in [1.29, 1.82) is 0 Å². The van der Waals surface area contributed by atoms with Gasteiger partial charge in [0.1, 0.15) is 17.1 Å². The second-order valence-corrected chi connectivity index (χ2v) is 3.85. The molecule has 0 bridgehead atoms. The number of ether oxygens (including phenoxy) is 1. The van der Waals surface area contributed by atoms with Crippen molar-refractivity contribution in [2.75, 3.05) is 6.61 Å². The first-order chi connectivity index (χ1) is 8.29. The van der Waals surface area contributed by atoms with Crippen LogP contribution in [0.1, 0.15) is 12.7 Å². The molecule has 4 nitrogen and oxygen atoms in total. The van der Waals surface area contributed by atoms with E-state index in [0.717, 1.165) is 17.2 Å². The number of hydrogen-bond donors (Lipinski definition) is 1.